The molecule has 0 saturated carbocycles. The Morgan fingerprint density at radius 1 is 0.667 bits per heavy atom. The summed E-state index contributed by atoms with van der Waals surface area (Å²) in [7, 11) is 0. The second kappa shape index (κ2) is 8.27. The number of benzene rings is 3. The number of aromatic hydroxyl groups is 3. The van der Waals surface area contributed by atoms with E-state index in [0.29, 0.717) is 0 Å². The summed E-state index contributed by atoms with van der Waals surface area (Å²) in [6, 6.07) is 22.1. The molecule has 3 heteroatoms. The number of allylic oxidation sites excluding steroid dienone is 2. The summed E-state index contributed by atoms with van der Waals surface area (Å²) in [5.74, 6) is 0.762. The molecule has 0 fully saturated rings. The molecule has 3 nitrogen and oxygen atoms in total. The molecule has 0 aliphatic heterocycles. The third kappa shape index (κ3) is 4.85. The monoisotopic (exact) mass is 402 g/mol. The summed E-state index contributed by atoms with van der Waals surface area (Å²) in [4.78, 5) is 0. The molecule has 0 spiro atoms. The second-order valence-electron chi connectivity index (χ2n) is 8.95. The van der Waals surface area contributed by atoms with Gasteiger partial charge in [0.2, 0.25) is 0 Å². The van der Waals surface area contributed by atoms with Gasteiger partial charge < -0.3 is 15.3 Å². The van der Waals surface area contributed by atoms with Crippen molar-refractivity contribution in [2.75, 3.05) is 0 Å². The van der Waals surface area contributed by atoms with Crippen molar-refractivity contribution in [3.63, 3.8) is 0 Å². The summed E-state index contributed by atoms with van der Waals surface area (Å²) in [5.41, 5.74) is 3.97. The average Bonchev–Trinajstić information content (AvgIpc) is 2.68. The Kier molecular flexibility index (Phi) is 5.93. The van der Waals surface area contributed by atoms with Crippen LogP contribution < -0.4 is 0 Å². The van der Waals surface area contributed by atoms with Crippen molar-refractivity contribution in [1.82, 2.24) is 0 Å². The minimum absolute atomic E-state index is 0.161. The van der Waals surface area contributed by atoms with Crippen LogP contribution in [0.2, 0.25) is 0 Å². The summed E-state index contributed by atoms with van der Waals surface area (Å²) in [6.45, 7) is 8.72. The molecule has 156 valence electrons. The van der Waals surface area contributed by atoms with Gasteiger partial charge in [-0.3, -0.25) is 0 Å². The molecule has 1 atom stereocenters. The van der Waals surface area contributed by atoms with E-state index in [9.17, 15) is 15.3 Å². The SMILES string of the molecule is C/C(=C/C(C)(CC(C)(C)c1ccc(O)cc1)c1ccc(O)cc1)c1ccc(O)cc1. The Morgan fingerprint density at radius 2 is 1.07 bits per heavy atom. The second-order valence-corrected chi connectivity index (χ2v) is 8.95. The lowest BCUT2D eigenvalue weighted by Gasteiger charge is -2.37. The van der Waals surface area contributed by atoms with E-state index >= 15 is 0 Å². The van der Waals surface area contributed by atoms with Crippen molar-refractivity contribution in [3.05, 3.63) is 95.6 Å². The molecule has 0 aliphatic rings. The fraction of sp³-hybridized carbons (Fsp3) is 0.259. The predicted octanol–water partition coefficient (Wildman–Crippen LogP) is 6.53. The molecule has 30 heavy (non-hydrogen) atoms. The quantitative estimate of drug-likeness (QED) is 0.439. The summed E-state index contributed by atoms with van der Waals surface area (Å²) in [5, 5.41) is 29.1. The Hall–Kier alpha value is -3.20. The average molecular weight is 403 g/mol. The van der Waals surface area contributed by atoms with E-state index in [4.69, 9.17) is 0 Å². The molecule has 0 amide bonds. The summed E-state index contributed by atoms with van der Waals surface area (Å²) < 4.78 is 0. The van der Waals surface area contributed by atoms with E-state index in [-0.39, 0.29) is 28.1 Å². The van der Waals surface area contributed by atoms with Crippen LogP contribution in [0.1, 0.15) is 50.8 Å². The number of phenols is 3. The van der Waals surface area contributed by atoms with Crippen LogP contribution in [0.25, 0.3) is 5.57 Å². The molecule has 0 heterocycles. The molecule has 0 bridgehead atoms. The molecule has 3 rings (SSSR count). The van der Waals surface area contributed by atoms with Gasteiger partial charge in [-0.05, 0) is 77.4 Å². The first-order valence-electron chi connectivity index (χ1n) is 10.2. The Bertz CT molecular complexity index is 1010. The molecule has 0 aromatic heterocycles. The maximum atomic E-state index is 9.78. The summed E-state index contributed by atoms with van der Waals surface area (Å²) >= 11 is 0. The summed E-state index contributed by atoms with van der Waals surface area (Å²) in [6.07, 6.45) is 3.10. The van der Waals surface area contributed by atoms with Crippen molar-refractivity contribution in [2.24, 2.45) is 0 Å². The molecule has 3 N–H and O–H groups in total. The third-order valence-corrected chi connectivity index (χ3v) is 5.84. The van der Waals surface area contributed by atoms with E-state index < -0.39 is 0 Å². The van der Waals surface area contributed by atoms with Crippen LogP contribution in [0, 0.1) is 0 Å². The zero-order valence-electron chi connectivity index (χ0n) is 18.1. The molecule has 1 unspecified atom stereocenters. The Balaban J connectivity index is 2.05. The zero-order valence-corrected chi connectivity index (χ0v) is 18.1. The molecule has 0 radical (unpaired) electrons. The molecular formula is C27H30O3. The largest absolute Gasteiger partial charge is 0.508 e. The van der Waals surface area contributed by atoms with Gasteiger partial charge in [0.05, 0.1) is 0 Å². The minimum Gasteiger partial charge on any atom is -0.508 e. The van der Waals surface area contributed by atoms with E-state index in [0.717, 1.165) is 28.7 Å². The molecular weight excluding hydrogens is 372 g/mol. The lowest BCUT2D eigenvalue weighted by Crippen LogP contribution is -2.31. The number of rotatable bonds is 6. The van der Waals surface area contributed by atoms with E-state index in [1.807, 2.05) is 36.4 Å². The maximum absolute atomic E-state index is 9.78. The fourth-order valence-electron chi connectivity index (χ4n) is 4.30. The number of hydrogen-bond acceptors (Lipinski definition) is 3. The van der Waals surface area contributed by atoms with E-state index in [1.54, 1.807) is 36.4 Å². The van der Waals surface area contributed by atoms with Crippen LogP contribution in [-0.2, 0) is 10.8 Å². The molecule has 0 saturated heterocycles. The van der Waals surface area contributed by atoms with Crippen LogP contribution in [0.4, 0.5) is 0 Å². The normalized spacial score (nSPS) is 14.3. The van der Waals surface area contributed by atoms with E-state index in [1.165, 1.54) is 0 Å². The van der Waals surface area contributed by atoms with Gasteiger partial charge in [-0.15, -0.1) is 0 Å². The van der Waals surface area contributed by atoms with Gasteiger partial charge in [-0.25, -0.2) is 0 Å². The minimum atomic E-state index is -0.308. The zero-order chi connectivity index (χ0) is 21.9. The van der Waals surface area contributed by atoms with Crippen molar-refractivity contribution < 1.29 is 15.3 Å². The van der Waals surface area contributed by atoms with Crippen LogP contribution in [0.5, 0.6) is 17.2 Å². The highest BCUT2D eigenvalue weighted by atomic mass is 16.3. The van der Waals surface area contributed by atoms with Crippen molar-refractivity contribution >= 4 is 5.57 Å². The number of phenolic OH excluding ortho intramolecular Hbond substituents is 3. The van der Waals surface area contributed by atoms with Crippen molar-refractivity contribution in [1.29, 1.82) is 0 Å². The molecule has 3 aromatic carbocycles. The van der Waals surface area contributed by atoms with Gasteiger partial charge in [0, 0.05) is 5.41 Å². The Morgan fingerprint density at radius 3 is 1.53 bits per heavy atom. The third-order valence-electron chi connectivity index (χ3n) is 5.84. The van der Waals surface area contributed by atoms with Gasteiger partial charge in [0.15, 0.2) is 0 Å². The van der Waals surface area contributed by atoms with Crippen LogP contribution in [0.15, 0.2) is 78.9 Å². The van der Waals surface area contributed by atoms with Crippen molar-refractivity contribution in [2.45, 2.75) is 44.9 Å². The first kappa shape index (κ1) is 21.5. The standard InChI is InChI=1S/C27H30O3/c1-19(20-5-11-23(28)12-6-20)17-27(4,22-9-15-25(30)16-10-22)18-26(2,3)21-7-13-24(29)14-8-21/h5-17,28-30H,18H2,1-4H3/b19-17-. The number of hydrogen-bond donors (Lipinski definition) is 3. The lowest BCUT2D eigenvalue weighted by atomic mass is 9.67. The first-order chi connectivity index (χ1) is 14.1. The maximum Gasteiger partial charge on any atom is 0.115 e. The fourth-order valence-corrected chi connectivity index (χ4v) is 4.30. The van der Waals surface area contributed by atoms with Gasteiger partial charge >= 0.3 is 0 Å². The highest BCUT2D eigenvalue weighted by Gasteiger charge is 2.34. The lowest BCUT2D eigenvalue weighted by molar-refractivity contribution is 0.378. The van der Waals surface area contributed by atoms with Gasteiger partial charge in [0.25, 0.3) is 0 Å². The highest BCUT2D eigenvalue weighted by molar-refractivity contribution is 5.66. The first-order valence-corrected chi connectivity index (χ1v) is 10.2. The van der Waals surface area contributed by atoms with Gasteiger partial charge in [-0.2, -0.15) is 0 Å². The van der Waals surface area contributed by atoms with Crippen molar-refractivity contribution in [3.8, 4) is 17.2 Å². The van der Waals surface area contributed by atoms with Crippen LogP contribution in [0.3, 0.4) is 0 Å². The predicted molar refractivity (Wildman–Crippen MR) is 123 cm³/mol. The van der Waals surface area contributed by atoms with E-state index in [2.05, 4.69) is 33.8 Å². The van der Waals surface area contributed by atoms with Gasteiger partial charge in [0.1, 0.15) is 17.2 Å². The van der Waals surface area contributed by atoms with Gasteiger partial charge in [-0.1, -0.05) is 63.2 Å². The van der Waals surface area contributed by atoms with Crippen LogP contribution >= 0.6 is 0 Å². The molecule has 0 aliphatic carbocycles. The Labute approximate surface area is 179 Å². The highest BCUT2D eigenvalue weighted by Crippen LogP contribution is 2.42. The smallest absolute Gasteiger partial charge is 0.115 e. The topological polar surface area (TPSA) is 60.7 Å². The molecule has 3 aromatic rings. The van der Waals surface area contributed by atoms with Crippen LogP contribution in [-0.4, -0.2) is 15.3 Å².